The first-order valence-electron chi connectivity index (χ1n) is 11.1. The van der Waals surface area contributed by atoms with Gasteiger partial charge in [-0.25, -0.2) is 9.50 Å². The zero-order valence-electron chi connectivity index (χ0n) is 19.1. The van der Waals surface area contributed by atoms with Crippen LogP contribution in [0.4, 0.5) is 0 Å². The Hall–Kier alpha value is -1.22. The topological polar surface area (TPSA) is 48.0 Å². The molecule has 30 heavy (non-hydrogen) atoms. The molecule has 1 aliphatic carbocycles. The minimum atomic E-state index is -1.20. The minimum Gasteiger partial charge on any atom is -0.269 e. The molecule has 1 saturated carbocycles. The Morgan fingerprint density at radius 1 is 1.13 bits per heavy atom. The molecule has 0 spiro atoms. The molecule has 5 nitrogen and oxygen atoms in total. The first kappa shape index (κ1) is 22.0. The maximum Gasteiger partial charge on any atom is 0.155 e. The summed E-state index contributed by atoms with van der Waals surface area (Å²) in [5.41, 5.74) is 4.17. The minimum absolute atomic E-state index is 0.487. The maximum absolute atomic E-state index is 4.75. The van der Waals surface area contributed by atoms with Gasteiger partial charge in [-0.3, -0.25) is 4.68 Å². The molecule has 0 unspecified atom stereocenters. The van der Waals surface area contributed by atoms with Gasteiger partial charge in [-0.05, 0) is 72.2 Å². The molecular weight excluding hydrogens is 501 g/mol. The van der Waals surface area contributed by atoms with Gasteiger partial charge in [0.05, 0.1) is 32.2 Å². The smallest absolute Gasteiger partial charge is 0.155 e. The Morgan fingerprint density at radius 2 is 1.83 bits per heavy atom. The van der Waals surface area contributed by atoms with Gasteiger partial charge in [0, 0.05) is 17.3 Å². The molecule has 0 atom stereocenters. The summed E-state index contributed by atoms with van der Waals surface area (Å²) in [4.78, 5) is 4.47. The van der Waals surface area contributed by atoms with Crippen LogP contribution in [-0.4, -0.2) is 32.5 Å². The molecule has 0 aromatic carbocycles. The highest BCUT2D eigenvalue weighted by molar-refractivity contribution is 14.1. The Balaban J connectivity index is 1.45. The zero-order chi connectivity index (χ0) is 21.7. The summed E-state index contributed by atoms with van der Waals surface area (Å²) in [7, 11) is -1.20. The van der Waals surface area contributed by atoms with E-state index in [4.69, 9.17) is 10.2 Å². The molecule has 3 heterocycles. The van der Waals surface area contributed by atoms with E-state index in [9.17, 15) is 0 Å². The van der Waals surface area contributed by atoms with Gasteiger partial charge in [-0.2, -0.15) is 10.2 Å². The number of aromatic nitrogens is 5. The Labute approximate surface area is 194 Å². The second kappa shape index (κ2) is 8.04. The van der Waals surface area contributed by atoms with Crippen molar-refractivity contribution < 1.29 is 0 Å². The number of fused-ring (bicyclic) bond motifs is 1. The summed E-state index contributed by atoms with van der Waals surface area (Å²) in [6.45, 7) is 14.5. The van der Waals surface area contributed by atoms with Crippen LogP contribution < -0.4 is 0 Å². The fraction of sp³-hybridized carbons (Fsp3) is 0.609. The predicted molar refractivity (Wildman–Crippen MR) is 135 cm³/mol. The molecule has 1 aliphatic rings. The lowest BCUT2D eigenvalue weighted by Crippen LogP contribution is -2.39. The number of imidazole rings is 1. The summed E-state index contributed by atoms with van der Waals surface area (Å²) < 4.78 is 5.13. The van der Waals surface area contributed by atoms with Gasteiger partial charge < -0.3 is 0 Å². The van der Waals surface area contributed by atoms with Crippen molar-refractivity contribution in [2.24, 2.45) is 5.92 Å². The number of nitrogens with zero attached hydrogens (tertiary/aromatic N) is 5. The van der Waals surface area contributed by atoms with Gasteiger partial charge in [0.25, 0.3) is 0 Å². The molecule has 3 aromatic rings. The monoisotopic (exact) mass is 535 g/mol. The second-order valence-electron chi connectivity index (χ2n) is 10.7. The van der Waals surface area contributed by atoms with E-state index >= 15 is 0 Å². The number of aryl methyl sites for hydroxylation is 1. The van der Waals surface area contributed by atoms with Crippen molar-refractivity contribution in [3.63, 3.8) is 0 Å². The standard InChI is InChI=1S/C23H34IN5Si/c1-16-20(11-22-25-13-21(24)29(22)27-16)18-12-26-28(14-18)19-9-7-17(8-10-19)15-30(5,6)23(2,3)4/h11-14,17,19H,7-10,15H2,1-6H3. The highest BCUT2D eigenvalue weighted by Crippen LogP contribution is 2.44. The number of rotatable bonds is 4. The predicted octanol–water partition coefficient (Wildman–Crippen LogP) is 6.75. The first-order chi connectivity index (χ1) is 14.0. The average Bonchev–Trinajstić information content (AvgIpc) is 3.28. The van der Waals surface area contributed by atoms with Crippen molar-refractivity contribution in [2.45, 2.75) is 83.6 Å². The highest BCUT2D eigenvalue weighted by atomic mass is 127. The second-order valence-corrected chi connectivity index (χ2v) is 17.5. The van der Waals surface area contributed by atoms with E-state index < -0.39 is 8.07 Å². The molecule has 0 saturated heterocycles. The van der Waals surface area contributed by atoms with E-state index in [2.05, 4.69) is 85.3 Å². The largest absolute Gasteiger partial charge is 0.269 e. The third-order valence-electron chi connectivity index (χ3n) is 7.57. The summed E-state index contributed by atoms with van der Waals surface area (Å²) in [6.07, 6.45) is 11.2. The van der Waals surface area contributed by atoms with E-state index in [0.29, 0.717) is 11.1 Å². The fourth-order valence-corrected chi connectivity index (χ4v) is 7.54. The van der Waals surface area contributed by atoms with Crippen LogP contribution in [0.3, 0.4) is 0 Å². The van der Waals surface area contributed by atoms with Crippen molar-refractivity contribution in [2.75, 3.05) is 0 Å². The van der Waals surface area contributed by atoms with Gasteiger partial charge in [0.1, 0.15) is 3.70 Å². The third kappa shape index (κ3) is 4.24. The SMILES string of the molecule is Cc1nn2c(I)cnc2cc1-c1cnn(C2CCC(C[Si](C)(C)C(C)(C)C)CC2)c1. The van der Waals surface area contributed by atoms with Crippen molar-refractivity contribution >= 4 is 36.3 Å². The van der Waals surface area contributed by atoms with Crippen LogP contribution in [0.1, 0.15) is 58.2 Å². The van der Waals surface area contributed by atoms with Crippen molar-refractivity contribution in [1.29, 1.82) is 0 Å². The van der Waals surface area contributed by atoms with Gasteiger partial charge in [0.15, 0.2) is 5.65 Å². The van der Waals surface area contributed by atoms with Crippen LogP contribution in [-0.2, 0) is 0 Å². The van der Waals surface area contributed by atoms with E-state index in [1.54, 1.807) is 0 Å². The zero-order valence-corrected chi connectivity index (χ0v) is 22.3. The summed E-state index contributed by atoms with van der Waals surface area (Å²) in [5, 5.41) is 9.95. The Morgan fingerprint density at radius 3 is 2.50 bits per heavy atom. The van der Waals surface area contributed by atoms with E-state index in [-0.39, 0.29) is 0 Å². The highest BCUT2D eigenvalue weighted by Gasteiger charge is 2.38. The van der Waals surface area contributed by atoms with Crippen LogP contribution >= 0.6 is 22.6 Å². The molecule has 0 bridgehead atoms. The molecule has 7 heteroatoms. The summed E-state index contributed by atoms with van der Waals surface area (Å²) in [6, 6.07) is 4.11. The van der Waals surface area contributed by atoms with Gasteiger partial charge >= 0.3 is 0 Å². The van der Waals surface area contributed by atoms with Crippen molar-refractivity contribution in [3.8, 4) is 11.1 Å². The van der Waals surface area contributed by atoms with E-state index in [0.717, 1.165) is 32.1 Å². The van der Waals surface area contributed by atoms with Gasteiger partial charge in [0.2, 0.25) is 0 Å². The van der Waals surface area contributed by atoms with Crippen LogP contribution in [0.5, 0.6) is 0 Å². The normalized spacial score (nSPS) is 20.8. The lowest BCUT2D eigenvalue weighted by molar-refractivity contribution is 0.271. The fourth-order valence-electron chi connectivity index (χ4n) is 4.58. The molecule has 4 rings (SSSR count). The van der Waals surface area contributed by atoms with Crippen molar-refractivity contribution in [3.05, 3.63) is 34.1 Å². The van der Waals surface area contributed by atoms with Crippen LogP contribution in [0.15, 0.2) is 24.7 Å². The molecule has 162 valence electrons. The van der Waals surface area contributed by atoms with Crippen LogP contribution in [0.25, 0.3) is 16.8 Å². The molecule has 0 amide bonds. The molecule has 0 aliphatic heterocycles. The molecule has 3 aromatic heterocycles. The van der Waals surface area contributed by atoms with Crippen LogP contribution in [0, 0.1) is 16.5 Å². The van der Waals surface area contributed by atoms with Crippen LogP contribution in [0.2, 0.25) is 24.2 Å². The molecular formula is C23H34IN5Si. The lowest BCUT2D eigenvalue weighted by Gasteiger charge is -2.41. The van der Waals surface area contributed by atoms with E-state index in [1.807, 2.05) is 16.9 Å². The van der Waals surface area contributed by atoms with Gasteiger partial charge in [-0.1, -0.05) is 39.9 Å². The lowest BCUT2D eigenvalue weighted by atomic mass is 9.87. The Kier molecular flexibility index (Phi) is 5.89. The number of hydrogen-bond donors (Lipinski definition) is 0. The van der Waals surface area contributed by atoms with Crippen molar-refractivity contribution in [1.82, 2.24) is 24.4 Å². The quantitative estimate of drug-likeness (QED) is 0.275. The summed E-state index contributed by atoms with van der Waals surface area (Å²) in [5.74, 6) is 0.897. The average molecular weight is 536 g/mol. The first-order valence-corrected chi connectivity index (χ1v) is 15.4. The molecule has 0 radical (unpaired) electrons. The molecule has 0 N–H and O–H groups in total. The Bertz CT molecular complexity index is 1040. The maximum atomic E-state index is 4.75. The number of halogens is 1. The van der Waals surface area contributed by atoms with E-state index in [1.165, 1.54) is 31.7 Å². The number of hydrogen-bond acceptors (Lipinski definition) is 3. The summed E-state index contributed by atoms with van der Waals surface area (Å²) >= 11 is 2.27. The third-order valence-corrected chi connectivity index (χ3v) is 14.0. The molecule has 1 fully saturated rings. The van der Waals surface area contributed by atoms with Gasteiger partial charge in [-0.15, -0.1) is 0 Å².